The lowest BCUT2D eigenvalue weighted by molar-refractivity contribution is -0.138. The van der Waals surface area contributed by atoms with Crippen molar-refractivity contribution in [2.45, 2.75) is 0 Å². The number of Topliss-reactive ketones (excluding diaryl/α,β-unsaturated/α-hetero) is 1. The molecule has 0 aliphatic carbocycles. The summed E-state index contributed by atoms with van der Waals surface area (Å²) in [4.78, 5) is 34.9. The molecule has 0 N–H and O–H groups in total. The molecule has 0 bridgehead atoms. The number of hydrogen-bond acceptors (Lipinski definition) is 5. The number of carbonyl (C=O) groups excluding carboxylic acids is 3. The van der Waals surface area contributed by atoms with E-state index in [1.807, 2.05) is 0 Å². The van der Waals surface area contributed by atoms with Crippen LogP contribution in [0.1, 0.15) is 10.4 Å². The zero-order valence-corrected chi connectivity index (χ0v) is 12.1. The fourth-order valence-electron chi connectivity index (χ4n) is 1.30. The molecule has 0 spiro atoms. The van der Waals surface area contributed by atoms with Crippen molar-refractivity contribution in [2.75, 3.05) is 14.2 Å². The highest BCUT2D eigenvalue weighted by molar-refractivity contribution is 6.42. The lowest BCUT2D eigenvalue weighted by atomic mass is 10.0. The highest BCUT2D eigenvalue weighted by Crippen LogP contribution is 2.24. The first-order valence-corrected chi connectivity index (χ1v) is 6.04. The molecular formula is C13H10Cl2O5. The molecule has 0 saturated carbocycles. The van der Waals surface area contributed by atoms with Gasteiger partial charge in [0.2, 0.25) is 5.78 Å². The van der Waals surface area contributed by atoms with E-state index in [1.165, 1.54) is 18.2 Å². The molecule has 0 aliphatic heterocycles. The second-order valence-corrected chi connectivity index (χ2v) is 4.35. The highest BCUT2D eigenvalue weighted by Gasteiger charge is 2.22. The summed E-state index contributed by atoms with van der Waals surface area (Å²) >= 11 is 11.5. The van der Waals surface area contributed by atoms with Crippen molar-refractivity contribution in [3.8, 4) is 0 Å². The Balaban J connectivity index is 3.23. The molecule has 1 rings (SSSR count). The third-order valence-corrected chi connectivity index (χ3v) is 3.03. The normalized spacial score (nSPS) is 10.9. The van der Waals surface area contributed by atoms with Gasteiger partial charge in [-0.2, -0.15) is 0 Å². The Morgan fingerprint density at radius 1 is 1.05 bits per heavy atom. The van der Waals surface area contributed by atoms with Crippen LogP contribution in [0.5, 0.6) is 0 Å². The maximum Gasteiger partial charge on any atom is 0.342 e. The van der Waals surface area contributed by atoms with E-state index < -0.39 is 23.3 Å². The molecule has 1 aromatic rings. The SMILES string of the molecule is COC(=O)/C=C(/C(=O)OC)C(=O)c1ccc(Cl)c(Cl)c1. The first-order valence-electron chi connectivity index (χ1n) is 5.28. The number of rotatable bonds is 4. The number of hydrogen-bond donors (Lipinski definition) is 0. The largest absolute Gasteiger partial charge is 0.466 e. The van der Waals surface area contributed by atoms with Crippen LogP contribution in [0.15, 0.2) is 29.8 Å². The lowest BCUT2D eigenvalue weighted by Gasteiger charge is -2.05. The molecule has 0 radical (unpaired) electrons. The number of carbonyl (C=O) groups is 3. The average molecular weight is 317 g/mol. The van der Waals surface area contributed by atoms with Crippen molar-refractivity contribution < 1.29 is 23.9 Å². The summed E-state index contributed by atoms with van der Waals surface area (Å²) in [6.07, 6.45) is 0.761. The van der Waals surface area contributed by atoms with Crippen LogP contribution in [-0.4, -0.2) is 31.9 Å². The van der Waals surface area contributed by atoms with Crippen LogP contribution in [0.25, 0.3) is 0 Å². The van der Waals surface area contributed by atoms with Crippen LogP contribution in [0.2, 0.25) is 10.0 Å². The van der Waals surface area contributed by atoms with Gasteiger partial charge in [0.15, 0.2) is 0 Å². The molecule has 20 heavy (non-hydrogen) atoms. The minimum Gasteiger partial charge on any atom is -0.466 e. The number of halogens is 2. The highest BCUT2D eigenvalue weighted by atomic mass is 35.5. The summed E-state index contributed by atoms with van der Waals surface area (Å²) in [7, 11) is 2.22. The first-order chi connectivity index (χ1) is 9.40. The van der Waals surface area contributed by atoms with E-state index >= 15 is 0 Å². The minimum atomic E-state index is -0.952. The van der Waals surface area contributed by atoms with Gasteiger partial charge in [0.05, 0.1) is 24.3 Å². The van der Waals surface area contributed by atoms with E-state index in [1.54, 1.807) is 0 Å². The summed E-state index contributed by atoms with van der Waals surface area (Å²) in [5.41, 5.74) is -0.363. The van der Waals surface area contributed by atoms with Crippen LogP contribution in [0.4, 0.5) is 0 Å². The van der Waals surface area contributed by atoms with Crippen LogP contribution in [-0.2, 0) is 19.1 Å². The average Bonchev–Trinajstić information content (AvgIpc) is 2.45. The Labute approximate surface area is 125 Å². The fourth-order valence-corrected chi connectivity index (χ4v) is 1.59. The summed E-state index contributed by atoms with van der Waals surface area (Å²) in [5, 5.41) is 0.416. The maximum atomic E-state index is 12.2. The monoisotopic (exact) mass is 316 g/mol. The number of esters is 2. The summed E-state index contributed by atoms with van der Waals surface area (Å²) in [5.74, 6) is -2.52. The summed E-state index contributed by atoms with van der Waals surface area (Å²) < 4.78 is 8.84. The van der Waals surface area contributed by atoms with Crippen molar-refractivity contribution in [2.24, 2.45) is 0 Å². The van der Waals surface area contributed by atoms with Gasteiger partial charge in [-0.25, -0.2) is 9.59 Å². The Morgan fingerprint density at radius 3 is 2.20 bits per heavy atom. The Kier molecular flexibility index (Phi) is 5.73. The zero-order chi connectivity index (χ0) is 15.3. The van der Waals surface area contributed by atoms with Gasteiger partial charge in [0.1, 0.15) is 5.57 Å². The van der Waals surface area contributed by atoms with E-state index in [0.717, 1.165) is 20.3 Å². The van der Waals surface area contributed by atoms with Crippen molar-refractivity contribution in [1.29, 1.82) is 0 Å². The van der Waals surface area contributed by atoms with Gasteiger partial charge in [-0.15, -0.1) is 0 Å². The summed E-state index contributed by atoms with van der Waals surface area (Å²) in [6, 6.07) is 4.08. The van der Waals surface area contributed by atoms with Crippen molar-refractivity contribution in [3.63, 3.8) is 0 Å². The smallest absolute Gasteiger partial charge is 0.342 e. The van der Waals surface area contributed by atoms with Gasteiger partial charge in [0.25, 0.3) is 0 Å². The van der Waals surface area contributed by atoms with Crippen LogP contribution >= 0.6 is 23.2 Å². The number of methoxy groups -OCH3 is 2. The Hall–Kier alpha value is -1.85. The molecule has 0 unspecified atom stereocenters. The number of ketones is 1. The van der Waals surface area contributed by atoms with Gasteiger partial charge >= 0.3 is 11.9 Å². The van der Waals surface area contributed by atoms with Gasteiger partial charge < -0.3 is 9.47 Å². The quantitative estimate of drug-likeness (QED) is 0.280. The topological polar surface area (TPSA) is 69.7 Å². The first kappa shape index (κ1) is 16.2. The Bertz CT molecular complexity index is 592. The lowest BCUT2D eigenvalue weighted by Crippen LogP contribution is -2.17. The molecule has 0 amide bonds. The third-order valence-electron chi connectivity index (χ3n) is 2.30. The molecule has 0 atom stereocenters. The van der Waals surface area contributed by atoms with Crippen LogP contribution in [0, 0.1) is 0 Å². The molecule has 5 nitrogen and oxygen atoms in total. The van der Waals surface area contributed by atoms with Crippen molar-refractivity contribution >= 4 is 40.9 Å². The van der Waals surface area contributed by atoms with Gasteiger partial charge in [-0.05, 0) is 18.2 Å². The van der Waals surface area contributed by atoms with Gasteiger partial charge in [-0.1, -0.05) is 23.2 Å². The Morgan fingerprint density at radius 2 is 1.70 bits per heavy atom. The second-order valence-electron chi connectivity index (χ2n) is 3.53. The predicted octanol–water partition coefficient (Wildman–Crippen LogP) is 2.45. The van der Waals surface area contributed by atoms with Crippen LogP contribution < -0.4 is 0 Å². The van der Waals surface area contributed by atoms with Crippen LogP contribution in [0.3, 0.4) is 0 Å². The molecule has 1 aromatic carbocycles. The van der Waals surface area contributed by atoms with E-state index in [-0.39, 0.29) is 15.6 Å². The molecule has 0 aliphatic rings. The van der Waals surface area contributed by atoms with Gasteiger partial charge in [-0.3, -0.25) is 4.79 Å². The van der Waals surface area contributed by atoms with E-state index in [2.05, 4.69) is 9.47 Å². The number of ether oxygens (including phenoxy) is 2. The maximum absolute atomic E-state index is 12.2. The molecule has 0 fully saturated rings. The second kappa shape index (κ2) is 7.07. The molecule has 0 heterocycles. The molecule has 7 heteroatoms. The van der Waals surface area contributed by atoms with Crippen molar-refractivity contribution in [3.05, 3.63) is 45.5 Å². The van der Waals surface area contributed by atoms with Crippen molar-refractivity contribution in [1.82, 2.24) is 0 Å². The molecule has 0 saturated heterocycles. The van der Waals surface area contributed by atoms with E-state index in [9.17, 15) is 14.4 Å². The third kappa shape index (κ3) is 3.82. The summed E-state index contributed by atoms with van der Waals surface area (Å²) in [6.45, 7) is 0. The fraction of sp³-hybridized carbons (Fsp3) is 0.154. The van der Waals surface area contributed by atoms with E-state index in [0.29, 0.717) is 0 Å². The molecule has 106 valence electrons. The van der Waals surface area contributed by atoms with E-state index in [4.69, 9.17) is 23.2 Å². The number of benzene rings is 1. The predicted molar refractivity (Wildman–Crippen MR) is 72.9 cm³/mol. The molecule has 0 aromatic heterocycles. The van der Waals surface area contributed by atoms with Gasteiger partial charge in [0, 0.05) is 11.6 Å². The molecular weight excluding hydrogens is 307 g/mol. The minimum absolute atomic E-state index is 0.0972. The standard InChI is InChI=1S/C13H10Cl2O5/c1-19-11(16)6-8(13(18)20-2)12(17)7-3-4-9(14)10(15)5-7/h3-6H,1-2H3/b8-6+. The zero-order valence-electron chi connectivity index (χ0n) is 10.6.